The number of hydrogen-bond donors (Lipinski definition) is 4. The van der Waals surface area contributed by atoms with E-state index in [2.05, 4.69) is 10.6 Å². The minimum absolute atomic E-state index is 0.208. The minimum Gasteiger partial charge on any atom is -0.356 e. The SMILES string of the molecule is CC(=O)NCCCS(=O)(=O)O.CC(=O)NCCCS(=O)(=O)O. The molecule has 2 amide bonds. The van der Waals surface area contributed by atoms with Crippen molar-refractivity contribution in [2.24, 2.45) is 0 Å². The molecule has 0 aromatic carbocycles. The molecule has 0 aromatic rings. The molecule has 12 heteroatoms. The van der Waals surface area contributed by atoms with Crippen LogP contribution in [0.5, 0.6) is 0 Å². The van der Waals surface area contributed by atoms with Gasteiger partial charge in [0.15, 0.2) is 0 Å². The summed E-state index contributed by atoms with van der Waals surface area (Å²) in [6.45, 7) is 3.23. The summed E-state index contributed by atoms with van der Waals surface area (Å²) in [5, 5.41) is 4.81. The summed E-state index contributed by atoms with van der Waals surface area (Å²) in [6.07, 6.45) is 0.469. The number of carbonyl (C=O) groups excluding carboxylic acids is 2. The molecule has 0 aliphatic rings. The Kier molecular flexibility index (Phi) is 11.9. The highest BCUT2D eigenvalue weighted by Gasteiger charge is 2.03. The first-order valence-corrected chi connectivity index (χ1v) is 9.44. The first kappa shape index (κ1) is 23.0. The molecule has 0 bridgehead atoms. The van der Waals surface area contributed by atoms with E-state index >= 15 is 0 Å². The van der Waals surface area contributed by atoms with Gasteiger partial charge in [-0.15, -0.1) is 0 Å². The highest BCUT2D eigenvalue weighted by Crippen LogP contribution is 1.86. The van der Waals surface area contributed by atoms with Crippen LogP contribution in [-0.2, 0) is 29.8 Å². The molecule has 0 radical (unpaired) electrons. The normalized spacial score (nSPS) is 11.1. The van der Waals surface area contributed by atoms with Gasteiger partial charge in [0.25, 0.3) is 20.2 Å². The molecule has 10 nitrogen and oxygen atoms in total. The van der Waals surface area contributed by atoms with Crippen molar-refractivity contribution in [3.8, 4) is 0 Å². The molecule has 0 atom stereocenters. The van der Waals surface area contributed by atoms with Gasteiger partial charge < -0.3 is 10.6 Å². The maximum absolute atomic E-state index is 10.2. The molecular formula is C10H22N2O8S2. The lowest BCUT2D eigenvalue weighted by Gasteiger charge is -1.98. The average molecular weight is 362 g/mol. The highest BCUT2D eigenvalue weighted by atomic mass is 32.2. The van der Waals surface area contributed by atoms with E-state index in [9.17, 15) is 26.4 Å². The van der Waals surface area contributed by atoms with Crippen LogP contribution in [0.25, 0.3) is 0 Å². The molecule has 0 fully saturated rings. The smallest absolute Gasteiger partial charge is 0.264 e. The Morgan fingerprint density at radius 3 is 1.23 bits per heavy atom. The van der Waals surface area contributed by atoms with Crippen LogP contribution in [0.15, 0.2) is 0 Å². The zero-order chi connectivity index (χ0) is 17.8. The quantitative estimate of drug-likeness (QED) is 0.308. The van der Waals surface area contributed by atoms with Crippen molar-refractivity contribution in [3.63, 3.8) is 0 Å². The Bertz CT molecular complexity index is 491. The second-order valence-electron chi connectivity index (χ2n) is 4.25. The van der Waals surface area contributed by atoms with Crippen molar-refractivity contribution in [1.82, 2.24) is 10.6 Å². The van der Waals surface area contributed by atoms with Crippen LogP contribution >= 0.6 is 0 Å². The van der Waals surface area contributed by atoms with E-state index < -0.39 is 20.2 Å². The summed E-state index contributed by atoms with van der Waals surface area (Å²) in [4.78, 5) is 20.5. The second kappa shape index (κ2) is 11.3. The second-order valence-corrected chi connectivity index (χ2v) is 7.39. The third-order valence-corrected chi connectivity index (χ3v) is 3.52. The fourth-order valence-electron chi connectivity index (χ4n) is 1.04. The first-order valence-electron chi connectivity index (χ1n) is 6.22. The molecule has 0 saturated carbocycles. The van der Waals surface area contributed by atoms with Crippen LogP contribution in [-0.4, -0.2) is 62.4 Å². The fourth-order valence-corrected chi connectivity index (χ4v) is 2.06. The monoisotopic (exact) mass is 362 g/mol. The summed E-state index contributed by atoms with van der Waals surface area (Å²) < 4.78 is 57.0. The number of nitrogens with one attached hydrogen (secondary N) is 2. The molecule has 0 heterocycles. The van der Waals surface area contributed by atoms with E-state index in [4.69, 9.17) is 9.11 Å². The van der Waals surface area contributed by atoms with Gasteiger partial charge in [-0.3, -0.25) is 18.7 Å². The lowest BCUT2D eigenvalue weighted by molar-refractivity contribution is -0.119. The number of rotatable bonds is 8. The van der Waals surface area contributed by atoms with Crippen molar-refractivity contribution < 1.29 is 35.5 Å². The zero-order valence-corrected chi connectivity index (χ0v) is 14.0. The van der Waals surface area contributed by atoms with E-state index in [0.717, 1.165) is 0 Å². The zero-order valence-electron chi connectivity index (χ0n) is 12.4. The van der Waals surface area contributed by atoms with Gasteiger partial charge in [-0.1, -0.05) is 0 Å². The average Bonchev–Trinajstić information content (AvgIpc) is 2.28. The van der Waals surface area contributed by atoms with Crippen molar-refractivity contribution >= 4 is 32.1 Å². The summed E-state index contributed by atoms with van der Waals surface area (Å²) >= 11 is 0. The number of carbonyl (C=O) groups is 2. The Hall–Kier alpha value is -1.24. The molecule has 0 spiro atoms. The van der Waals surface area contributed by atoms with E-state index in [1.165, 1.54) is 13.8 Å². The molecule has 0 saturated heterocycles. The molecule has 0 aromatic heterocycles. The minimum atomic E-state index is -3.87. The van der Waals surface area contributed by atoms with E-state index in [1.54, 1.807) is 0 Å². The van der Waals surface area contributed by atoms with Crippen LogP contribution in [0.4, 0.5) is 0 Å². The van der Waals surface area contributed by atoms with Crippen LogP contribution in [0.3, 0.4) is 0 Å². The molecule has 0 aliphatic carbocycles. The first-order chi connectivity index (χ1) is 9.83. The van der Waals surface area contributed by atoms with Gasteiger partial charge >= 0.3 is 0 Å². The molecule has 132 valence electrons. The highest BCUT2D eigenvalue weighted by molar-refractivity contribution is 7.86. The van der Waals surface area contributed by atoms with Crippen molar-refractivity contribution in [2.45, 2.75) is 26.7 Å². The Morgan fingerprint density at radius 1 is 0.773 bits per heavy atom. The van der Waals surface area contributed by atoms with Gasteiger partial charge in [0.05, 0.1) is 11.5 Å². The van der Waals surface area contributed by atoms with Crippen LogP contribution in [0.1, 0.15) is 26.7 Å². The number of amides is 2. The topological polar surface area (TPSA) is 167 Å². The van der Waals surface area contributed by atoms with Gasteiger partial charge in [-0.05, 0) is 12.8 Å². The van der Waals surface area contributed by atoms with Gasteiger partial charge in [-0.25, -0.2) is 0 Å². The van der Waals surface area contributed by atoms with Crippen LogP contribution in [0, 0.1) is 0 Å². The number of hydrogen-bond acceptors (Lipinski definition) is 6. The van der Waals surface area contributed by atoms with Crippen LogP contribution < -0.4 is 10.6 Å². The molecule has 0 rings (SSSR count). The maximum Gasteiger partial charge on any atom is 0.264 e. The largest absolute Gasteiger partial charge is 0.356 e. The lowest BCUT2D eigenvalue weighted by Crippen LogP contribution is -2.22. The van der Waals surface area contributed by atoms with E-state index in [1.807, 2.05) is 0 Å². The van der Waals surface area contributed by atoms with Gasteiger partial charge in [-0.2, -0.15) is 16.8 Å². The Labute approximate surface area is 130 Å². The molecule has 4 N–H and O–H groups in total. The van der Waals surface area contributed by atoms with Gasteiger partial charge in [0, 0.05) is 26.9 Å². The van der Waals surface area contributed by atoms with Crippen LogP contribution in [0.2, 0.25) is 0 Å². The summed E-state index contributed by atoms with van der Waals surface area (Å²) in [6, 6.07) is 0. The third-order valence-electron chi connectivity index (χ3n) is 1.91. The van der Waals surface area contributed by atoms with E-state index in [0.29, 0.717) is 0 Å². The predicted octanol–water partition coefficient (Wildman–Crippen LogP) is -1.20. The molecular weight excluding hydrogens is 340 g/mol. The van der Waals surface area contributed by atoms with E-state index in [-0.39, 0.29) is 49.3 Å². The summed E-state index contributed by atoms with van der Waals surface area (Å²) in [7, 11) is -7.75. The lowest BCUT2D eigenvalue weighted by atomic mass is 10.5. The summed E-state index contributed by atoms with van der Waals surface area (Å²) in [5.74, 6) is -1.04. The van der Waals surface area contributed by atoms with Crippen molar-refractivity contribution in [1.29, 1.82) is 0 Å². The summed E-state index contributed by atoms with van der Waals surface area (Å²) in [5.41, 5.74) is 0. The Morgan fingerprint density at radius 2 is 1.05 bits per heavy atom. The van der Waals surface area contributed by atoms with Gasteiger partial charge in [0.2, 0.25) is 11.8 Å². The maximum atomic E-state index is 10.2. The van der Waals surface area contributed by atoms with Gasteiger partial charge in [0.1, 0.15) is 0 Å². The van der Waals surface area contributed by atoms with Crippen molar-refractivity contribution in [3.05, 3.63) is 0 Å². The van der Waals surface area contributed by atoms with Crippen molar-refractivity contribution in [2.75, 3.05) is 24.6 Å². The molecule has 0 aliphatic heterocycles. The Balaban J connectivity index is 0. The molecule has 0 unspecified atom stereocenters. The predicted molar refractivity (Wildman–Crippen MR) is 79.4 cm³/mol. The molecule has 22 heavy (non-hydrogen) atoms. The third kappa shape index (κ3) is 27.2. The fraction of sp³-hybridized carbons (Fsp3) is 0.800. The standard InChI is InChI=1S/2C5H11NO4S/c2*1-5(7)6-3-2-4-11(8,9)10/h2*2-4H2,1H3,(H,6,7)(H,8,9,10).